The van der Waals surface area contributed by atoms with Crippen LogP contribution in [0, 0.1) is 0 Å². The fourth-order valence-electron chi connectivity index (χ4n) is 1.98. The molecule has 0 amide bonds. The molecule has 4 heteroatoms. The molecule has 0 bridgehead atoms. The number of carbonyl (C=O) groups excluding carboxylic acids is 2. The predicted molar refractivity (Wildman–Crippen MR) is 79.3 cm³/mol. The molecule has 0 radical (unpaired) electrons. The first-order chi connectivity index (χ1) is 10.1. The monoisotopic (exact) mass is 283 g/mol. The van der Waals surface area contributed by atoms with E-state index < -0.39 is 0 Å². The molecule has 1 unspecified atom stereocenters. The maximum absolute atomic E-state index is 12.0. The van der Waals surface area contributed by atoms with Crippen molar-refractivity contribution in [3.8, 4) is 0 Å². The fourth-order valence-corrected chi connectivity index (χ4v) is 1.98. The Labute approximate surface area is 123 Å². The fraction of sp³-hybridized carbons (Fsp3) is 0.235. The molecule has 1 atom stereocenters. The van der Waals surface area contributed by atoms with Gasteiger partial charge in [-0.25, -0.2) is 4.79 Å². The van der Waals surface area contributed by atoms with E-state index in [1.165, 1.54) is 6.92 Å². The van der Waals surface area contributed by atoms with Crippen molar-refractivity contribution in [2.45, 2.75) is 26.4 Å². The summed E-state index contributed by atoms with van der Waals surface area (Å²) in [4.78, 5) is 27.2. The van der Waals surface area contributed by atoms with E-state index in [9.17, 15) is 9.59 Å². The highest BCUT2D eigenvalue weighted by molar-refractivity contribution is 5.96. The molecule has 0 saturated carbocycles. The van der Waals surface area contributed by atoms with Crippen molar-refractivity contribution in [1.29, 1.82) is 0 Å². The zero-order valence-corrected chi connectivity index (χ0v) is 12.1. The highest BCUT2D eigenvalue weighted by Crippen LogP contribution is 2.10. The van der Waals surface area contributed by atoms with Crippen molar-refractivity contribution >= 4 is 11.8 Å². The lowest BCUT2D eigenvalue weighted by Gasteiger charge is -2.13. The number of pyridine rings is 1. The summed E-state index contributed by atoms with van der Waals surface area (Å²) in [6.07, 6.45) is 3.84. The number of ether oxygens (including phenoxy) is 1. The molecule has 21 heavy (non-hydrogen) atoms. The Morgan fingerprint density at radius 1 is 1.14 bits per heavy atom. The third-order valence-corrected chi connectivity index (χ3v) is 3.08. The van der Waals surface area contributed by atoms with Gasteiger partial charge < -0.3 is 4.74 Å². The van der Waals surface area contributed by atoms with E-state index in [-0.39, 0.29) is 17.9 Å². The van der Waals surface area contributed by atoms with Crippen molar-refractivity contribution in [3.05, 3.63) is 65.5 Å². The number of carbonyl (C=O) groups is 2. The third-order valence-electron chi connectivity index (χ3n) is 3.08. The molecule has 0 spiro atoms. The number of hydrogen-bond acceptors (Lipinski definition) is 4. The first-order valence-corrected chi connectivity index (χ1v) is 6.77. The largest absolute Gasteiger partial charge is 0.459 e. The van der Waals surface area contributed by atoms with Crippen molar-refractivity contribution in [2.75, 3.05) is 0 Å². The van der Waals surface area contributed by atoms with Gasteiger partial charge in [-0.15, -0.1) is 0 Å². The number of hydrogen-bond donors (Lipinski definition) is 0. The Bertz CT molecular complexity index is 620. The Hall–Kier alpha value is -2.49. The van der Waals surface area contributed by atoms with Crippen LogP contribution in [0.25, 0.3) is 0 Å². The third kappa shape index (κ3) is 4.24. The van der Waals surface area contributed by atoms with Crippen LogP contribution in [-0.2, 0) is 11.2 Å². The Morgan fingerprint density at radius 3 is 2.38 bits per heavy atom. The van der Waals surface area contributed by atoms with E-state index in [2.05, 4.69) is 4.98 Å². The molecule has 108 valence electrons. The Balaban J connectivity index is 1.96. The second-order valence-electron chi connectivity index (χ2n) is 4.91. The van der Waals surface area contributed by atoms with Gasteiger partial charge in [-0.1, -0.05) is 18.2 Å². The van der Waals surface area contributed by atoms with Crippen molar-refractivity contribution in [1.82, 2.24) is 4.98 Å². The summed E-state index contributed by atoms with van der Waals surface area (Å²) in [6, 6.07) is 10.3. The second-order valence-corrected chi connectivity index (χ2v) is 4.91. The van der Waals surface area contributed by atoms with E-state index in [1.54, 1.807) is 36.7 Å². The average molecular weight is 283 g/mol. The molecule has 2 aromatic rings. The highest BCUT2D eigenvalue weighted by atomic mass is 16.5. The first-order valence-electron chi connectivity index (χ1n) is 6.77. The molecule has 0 aliphatic rings. The second kappa shape index (κ2) is 6.79. The molecule has 0 aliphatic carbocycles. The Kier molecular flexibility index (Phi) is 4.82. The minimum Gasteiger partial charge on any atom is -0.459 e. The molecule has 1 heterocycles. The number of nitrogens with zero attached hydrogens (tertiary/aromatic N) is 1. The minimum atomic E-state index is -0.388. The van der Waals surface area contributed by atoms with E-state index in [0.29, 0.717) is 17.5 Å². The van der Waals surface area contributed by atoms with Crippen LogP contribution in [0.15, 0.2) is 48.8 Å². The standard InChI is InChI=1S/C17H17NO3/c1-12(10-14-4-3-9-18-11-14)21-17(20)16-7-5-15(6-8-16)13(2)19/h3-9,11-12H,10H2,1-2H3. The molecular formula is C17H17NO3. The van der Waals surface area contributed by atoms with Gasteiger partial charge in [0.2, 0.25) is 0 Å². The van der Waals surface area contributed by atoms with Gasteiger partial charge in [0.15, 0.2) is 5.78 Å². The van der Waals surface area contributed by atoms with Crippen molar-refractivity contribution in [2.24, 2.45) is 0 Å². The number of rotatable bonds is 5. The quantitative estimate of drug-likeness (QED) is 0.625. The maximum atomic E-state index is 12.0. The van der Waals surface area contributed by atoms with Crippen LogP contribution in [-0.4, -0.2) is 22.8 Å². The minimum absolute atomic E-state index is 0.0279. The van der Waals surface area contributed by atoms with Crippen molar-refractivity contribution < 1.29 is 14.3 Å². The van der Waals surface area contributed by atoms with Gasteiger partial charge in [0, 0.05) is 24.4 Å². The van der Waals surface area contributed by atoms with E-state index in [0.717, 1.165) is 5.56 Å². The van der Waals surface area contributed by atoms with E-state index in [1.807, 2.05) is 19.1 Å². The zero-order valence-electron chi connectivity index (χ0n) is 12.1. The predicted octanol–water partition coefficient (Wildman–Crippen LogP) is 3.07. The molecule has 1 aromatic heterocycles. The van der Waals surface area contributed by atoms with Gasteiger partial charge in [-0.3, -0.25) is 9.78 Å². The van der Waals surface area contributed by atoms with Gasteiger partial charge >= 0.3 is 5.97 Å². The lowest BCUT2D eigenvalue weighted by atomic mass is 10.1. The normalized spacial score (nSPS) is 11.7. The van der Waals surface area contributed by atoms with Crippen molar-refractivity contribution in [3.63, 3.8) is 0 Å². The Morgan fingerprint density at radius 2 is 1.81 bits per heavy atom. The molecule has 2 rings (SSSR count). The van der Waals surface area contributed by atoms with Crippen LogP contribution in [0.2, 0.25) is 0 Å². The summed E-state index contributed by atoms with van der Waals surface area (Å²) in [6.45, 7) is 3.33. The molecule has 1 aromatic carbocycles. The summed E-state index contributed by atoms with van der Waals surface area (Å²) < 4.78 is 5.39. The number of aromatic nitrogens is 1. The van der Waals surface area contributed by atoms with Crippen LogP contribution < -0.4 is 0 Å². The van der Waals surface area contributed by atoms with Gasteiger partial charge in [-0.05, 0) is 37.6 Å². The van der Waals surface area contributed by atoms with E-state index in [4.69, 9.17) is 4.74 Å². The first kappa shape index (κ1) is 14.9. The number of ketones is 1. The molecule has 0 N–H and O–H groups in total. The van der Waals surface area contributed by atoms with Crippen LogP contribution in [0.3, 0.4) is 0 Å². The summed E-state index contributed by atoms with van der Waals surface area (Å²) >= 11 is 0. The average Bonchev–Trinajstić information content (AvgIpc) is 2.48. The lowest BCUT2D eigenvalue weighted by Crippen LogP contribution is -2.17. The highest BCUT2D eigenvalue weighted by Gasteiger charge is 2.13. The van der Waals surface area contributed by atoms with Crippen LogP contribution in [0.4, 0.5) is 0 Å². The smallest absolute Gasteiger partial charge is 0.338 e. The van der Waals surface area contributed by atoms with Gasteiger partial charge in [-0.2, -0.15) is 0 Å². The summed E-state index contributed by atoms with van der Waals surface area (Å²) in [7, 11) is 0. The van der Waals surface area contributed by atoms with Gasteiger partial charge in [0.05, 0.1) is 5.56 Å². The SMILES string of the molecule is CC(=O)c1ccc(C(=O)OC(C)Cc2cccnc2)cc1. The summed E-state index contributed by atoms with van der Waals surface area (Å²) in [5, 5.41) is 0. The number of benzene rings is 1. The number of esters is 1. The van der Waals surface area contributed by atoms with Gasteiger partial charge in [0.1, 0.15) is 6.10 Å². The number of Topliss-reactive ketones (excluding diaryl/α,β-unsaturated/α-hetero) is 1. The van der Waals surface area contributed by atoms with Crippen LogP contribution >= 0.6 is 0 Å². The topological polar surface area (TPSA) is 56.3 Å². The summed E-state index contributed by atoms with van der Waals surface area (Å²) in [5.74, 6) is -0.415. The molecular weight excluding hydrogens is 266 g/mol. The van der Waals surface area contributed by atoms with Crippen LogP contribution in [0.1, 0.15) is 40.1 Å². The van der Waals surface area contributed by atoms with Crippen LogP contribution in [0.5, 0.6) is 0 Å². The molecule has 0 aliphatic heterocycles. The molecule has 0 fully saturated rings. The molecule has 0 saturated heterocycles. The summed E-state index contributed by atoms with van der Waals surface area (Å²) in [5.41, 5.74) is 2.04. The van der Waals surface area contributed by atoms with Gasteiger partial charge in [0.25, 0.3) is 0 Å². The lowest BCUT2D eigenvalue weighted by molar-refractivity contribution is 0.0342. The zero-order chi connectivity index (χ0) is 15.2. The van der Waals surface area contributed by atoms with E-state index >= 15 is 0 Å². The maximum Gasteiger partial charge on any atom is 0.338 e. The molecule has 4 nitrogen and oxygen atoms in total.